The van der Waals surface area contributed by atoms with Gasteiger partial charge in [0.1, 0.15) is 12.1 Å². The number of methoxy groups -OCH3 is 1. The minimum atomic E-state index is -0.946. The van der Waals surface area contributed by atoms with Crippen molar-refractivity contribution >= 4 is 18.2 Å². The first-order valence-corrected chi connectivity index (χ1v) is 5.82. The highest BCUT2D eigenvalue weighted by Gasteiger charge is 2.21. The summed E-state index contributed by atoms with van der Waals surface area (Å²) >= 11 is 0. The van der Waals surface area contributed by atoms with Gasteiger partial charge in [0.25, 0.3) is 0 Å². The molecule has 108 valence electrons. The maximum atomic E-state index is 13.8. The van der Waals surface area contributed by atoms with Crippen LogP contribution in [-0.4, -0.2) is 31.8 Å². The van der Waals surface area contributed by atoms with E-state index in [2.05, 4.69) is 10.1 Å². The molecule has 0 aliphatic rings. The van der Waals surface area contributed by atoms with Gasteiger partial charge >= 0.3 is 5.97 Å². The third kappa shape index (κ3) is 4.13. The Morgan fingerprint density at radius 3 is 2.75 bits per heavy atom. The van der Waals surface area contributed by atoms with Gasteiger partial charge in [-0.15, -0.1) is 0 Å². The number of ether oxygens (including phenoxy) is 1. The van der Waals surface area contributed by atoms with Crippen LogP contribution in [0.2, 0.25) is 0 Å². The van der Waals surface area contributed by atoms with Gasteiger partial charge in [0.2, 0.25) is 5.91 Å². The summed E-state index contributed by atoms with van der Waals surface area (Å²) in [5.74, 6) is -1.81. The maximum absolute atomic E-state index is 13.8. The number of hydrogen-bond donors (Lipinski definition) is 2. The molecular weight excluding hydrogens is 267 g/mol. The van der Waals surface area contributed by atoms with Gasteiger partial charge < -0.3 is 15.8 Å². The molecule has 0 aliphatic carbocycles. The van der Waals surface area contributed by atoms with Crippen LogP contribution in [-0.2, 0) is 14.3 Å². The zero-order valence-electron chi connectivity index (χ0n) is 10.9. The molecule has 0 spiro atoms. The van der Waals surface area contributed by atoms with Crippen molar-refractivity contribution in [1.82, 2.24) is 5.32 Å². The summed E-state index contributed by atoms with van der Waals surface area (Å²) in [6, 6.07) is 2.72. The van der Waals surface area contributed by atoms with E-state index in [1.807, 2.05) is 0 Å². The lowest BCUT2D eigenvalue weighted by Crippen LogP contribution is -2.35. The molecule has 20 heavy (non-hydrogen) atoms. The minimum Gasteiger partial charge on any atom is -0.469 e. The Bertz CT molecular complexity index is 501. The third-order valence-electron chi connectivity index (χ3n) is 2.65. The largest absolute Gasteiger partial charge is 0.469 e. The smallest absolute Gasteiger partial charge is 0.307 e. The standard InChI is InChI=1S/C13H15FN2O4/c1-20-13(19)5-11(16-12(18)6-15)9-4-8(7-17)2-3-10(9)14/h2-4,7,11H,5-6,15H2,1H3,(H,16,18)/t11-/m0/s1. The van der Waals surface area contributed by atoms with Crippen molar-refractivity contribution in [3.05, 3.63) is 35.1 Å². The summed E-state index contributed by atoms with van der Waals surface area (Å²) in [6.07, 6.45) is 0.282. The summed E-state index contributed by atoms with van der Waals surface area (Å²) in [5.41, 5.74) is 5.44. The van der Waals surface area contributed by atoms with Crippen LogP contribution in [0.1, 0.15) is 28.4 Å². The summed E-state index contributed by atoms with van der Waals surface area (Å²) in [6.45, 7) is -0.299. The molecule has 0 heterocycles. The molecule has 0 bridgehead atoms. The van der Waals surface area contributed by atoms with Crippen molar-refractivity contribution in [3.8, 4) is 0 Å². The Balaban J connectivity index is 3.10. The van der Waals surface area contributed by atoms with E-state index in [1.165, 1.54) is 19.2 Å². The van der Waals surface area contributed by atoms with E-state index < -0.39 is 23.7 Å². The van der Waals surface area contributed by atoms with Crippen LogP contribution < -0.4 is 11.1 Å². The van der Waals surface area contributed by atoms with E-state index >= 15 is 0 Å². The van der Waals surface area contributed by atoms with Gasteiger partial charge in [-0.3, -0.25) is 14.4 Å². The van der Waals surface area contributed by atoms with Gasteiger partial charge in [0.15, 0.2) is 0 Å². The number of aldehydes is 1. The average Bonchev–Trinajstić information content (AvgIpc) is 2.46. The van der Waals surface area contributed by atoms with E-state index in [0.29, 0.717) is 6.29 Å². The first-order chi connectivity index (χ1) is 9.51. The van der Waals surface area contributed by atoms with Crippen LogP contribution in [0.5, 0.6) is 0 Å². The van der Waals surface area contributed by atoms with Crippen LogP contribution in [0.3, 0.4) is 0 Å². The first-order valence-electron chi connectivity index (χ1n) is 5.82. The molecule has 3 N–H and O–H groups in total. The number of hydrogen-bond acceptors (Lipinski definition) is 5. The highest BCUT2D eigenvalue weighted by Crippen LogP contribution is 2.22. The van der Waals surface area contributed by atoms with Gasteiger partial charge in [0.05, 0.1) is 26.1 Å². The van der Waals surface area contributed by atoms with Gasteiger partial charge in [-0.1, -0.05) is 0 Å². The number of nitrogens with two attached hydrogens (primary N) is 1. The number of amides is 1. The Morgan fingerprint density at radius 1 is 1.50 bits per heavy atom. The molecule has 1 rings (SSSR count). The summed E-state index contributed by atoms with van der Waals surface area (Å²) in [5, 5.41) is 2.42. The van der Waals surface area contributed by atoms with Crippen LogP contribution in [0.25, 0.3) is 0 Å². The van der Waals surface area contributed by atoms with Crippen molar-refractivity contribution in [2.45, 2.75) is 12.5 Å². The molecule has 7 heteroatoms. The first kappa shape index (κ1) is 15.8. The number of carbonyl (C=O) groups excluding carboxylic acids is 3. The topological polar surface area (TPSA) is 98.5 Å². The Labute approximate surface area is 115 Å². The second kappa shape index (κ2) is 7.34. The lowest BCUT2D eigenvalue weighted by atomic mass is 10.0. The highest BCUT2D eigenvalue weighted by molar-refractivity contribution is 5.80. The van der Waals surface area contributed by atoms with E-state index in [0.717, 1.165) is 6.07 Å². The van der Waals surface area contributed by atoms with Gasteiger partial charge in [0, 0.05) is 11.1 Å². The zero-order valence-corrected chi connectivity index (χ0v) is 10.9. The minimum absolute atomic E-state index is 0.0294. The number of carbonyl (C=O) groups is 3. The van der Waals surface area contributed by atoms with Crippen LogP contribution in [0.4, 0.5) is 4.39 Å². The van der Waals surface area contributed by atoms with Crippen molar-refractivity contribution < 1.29 is 23.5 Å². The van der Waals surface area contributed by atoms with Gasteiger partial charge in [-0.2, -0.15) is 0 Å². The number of halogens is 1. The zero-order chi connectivity index (χ0) is 15.1. The molecule has 1 atom stereocenters. The third-order valence-corrected chi connectivity index (χ3v) is 2.65. The number of benzene rings is 1. The molecule has 0 saturated carbocycles. The fraction of sp³-hybridized carbons (Fsp3) is 0.308. The number of rotatable bonds is 6. The van der Waals surface area contributed by atoms with Crippen LogP contribution in [0, 0.1) is 5.82 Å². The Hall–Kier alpha value is -2.28. The molecular formula is C13H15FN2O4. The second-order valence-electron chi connectivity index (χ2n) is 4.00. The van der Waals surface area contributed by atoms with Crippen LogP contribution >= 0.6 is 0 Å². The monoisotopic (exact) mass is 282 g/mol. The normalized spacial score (nSPS) is 11.6. The van der Waals surface area contributed by atoms with E-state index in [4.69, 9.17) is 5.73 Å². The maximum Gasteiger partial charge on any atom is 0.307 e. The molecule has 0 aromatic heterocycles. The molecule has 0 saturated heterocycles. The van der Waals surface area contributed by atoms with Crippen LogP contribution in [0.15, 0.2) is 18.2 Å². The van der Waals surface area contributed by atoms with Crippen molar-refractivity contribution in [2.24, 2.45) is 5.73 Å². The predicted molar refractivity (Wildman–Crippen MR) is 68.4 cm³/mol. The molecule has 1 amide bonds. The number of esters is 1. The van der Waals surface area contributed by atoms with E-state index in [-0.39, 0.29) is 24.1 Å². The SMILES string of the molecule is COC(=O)C[C@H](NC(=O)CN)c1cc(C=O)ccc1F. The van der Waals surface area contributed by atoms with E-state index in [9.17, 15) is 18.8 Å². The van der Waals surface area contributed by atoms with Gasteiger partial charge in [-0.25, -0.2) is 4.39 Å². The highest BCUT2D eigenvalue weighted by atomic mass is 19.1. The Morgan fingerprint density at radius 2 is 2.20 bits per heavy atom. The molecule has 1 aromatic rings. The van der Waals surface area contributed by atoms with Crippen molar-refractivity contribution in [1.29, 1.82) is 0 Å². The van der Waals surface area contributed by atoms with Crippen molar-refractivity contribution in [2.75, 3.05) is 13.7 Å². The summed E-state index contributed by atoms with van der Waals surface area (Å²) < 4.78 is 18.3. The Kier molecular flexibility index (Phi) is 5.79. The average molecular weight is 282 g/mol. The molecule has 1 aromatic carbocycles. The molecule has 0 unspecified atom stereocenters. The fourth-order valence-electron chi connectivity index (χ4n) is 1.64. The quantitative estimate of drug-likeness (QED) is 0.578. The fourth-order valence-corrected chi connectivity index (χ4v) is 1.64. The lowest BCUT2D eigenvalue weighted by molar-refractivity contribution is -0.141. The number of nitrogens with one attached hydrogen (secondary N) is 1. The molecule has 0 radical (unpaired) electrons. The van der Waals surface area contributed by atoms with E-state index in [1.54, 1.807) is 0 Å². The summed E-state index contributed by atoms with van der Waals surface area (Å²) in [7, 11) is 1.18. The molecule has 0 fully saturated rings. The molecule has 6 nitrogen and oxygen atoms in total. The molecule has 0 aliphatic heterocycles. The summed E-state index contributed by atoms with van der Waals surface area (Å²) in [4.78, 5) is 33.4. The van der Waals surface area contributed by atoms with Crippen molar-refractivity contribution in [3.63, 3.8) is 0 Å². The predicted octanol–water partition coefficient (Wildman–Crippen LogP) is 0.317. The van der Waals surface area contributed by atoms with Gasteiger partial charge in [-0.05, 0) is 18.2 Å². The second-order valence-corrected chi connectivity index (χ2v) is 4.00. The lowest BCUT2D eigenvalue weighted by Gasteiger charge is -2.18.